The minimum absolute atomic E-state index is 0.0615. The first-order valence-corrected chi connectivity index (χ1v) is 10.0. The molecule has 0 atom stereocenters. The van der Waals surface area contributed by atoms with Crippen LogP contribution in [0.5, 0.6) is 0 Å². The van der Waals surface area contributed by atoms with Crippen molar-refractivity contribution in [3.8, 4) is 0 Å². The Morgan fingerprint density at radius 3 is 2.37 bits per heavy atom. The lowest BCUT2D eigenvalue weighted by Crippen LogP contribution is -2.23. The van der Waals surface area contributed by atoms with Crippen LogP contribution in [-0.2, 0) is 0 Å². The van der Waals surface area contributed by atoms with Gasteiger partial charge in [-0.25, -0.2) is 9.37 Å². The molecule has 0 bridgehead atoms. The summed E-state index contributed by atoms with van der Waals surface area (Å²) < 4.78 is 13.9. The van der Waals surface area contributed by atoms with Crippen LogP contribution in [0.2, 0.25) is 5.02 Å². The van der Waals surface area contributed by atoms with Gasteiger partial charge >= 0.3 is 0 Å². The summed E-state index contributed by atoms with van der Waals surface area (Å²) in [5, 5.41) is 5.89. The third kappa shape index (κ3) is 5.04. The molecule has 2 N–H and O–H groups in total. The summed E-state index contributed by atoms with van der Waals surface area (Å²) in [6.45, 7) is 7.79. The SMILES string of the molecule is CCN(CC)c1cc(C)nc(Nc2ccc(NC(=O)c3c(F)cccc3Cl)cc2)n1. The maximum atomic E-state index is 13.9. The highest BCUT2D eigenvalue weighted by Gasteiger charge is 2.16. The summed E-state index contributed by atoms with van der Waals surface area (Å²) in [5.41, 5.74) is 1.95. The van der Waals surface area contributed by atoms with Crippen LogP contribution < -0.4 is 15.5 Å². The normalized spacial score (nSPS) is 10.6. The molecule has 30 heavy (non-hydrogen) atoms. The third-order valence-electron chi connectivity index (χ3n) is 4.52. The van der Waals surface area contributed by atoms with Crippen LogP contribution in [0.25, 0.3) is 0 Å². The van der Waals surface area contributed by atoms with Crippen molar-refractivity contribution in [2.45, 2.75) is 20.8 Å². The van der Waals surface area contributed by atoms with E-state index in [0.717, 1.165) is 30.3 Å². The Bertz CT molecular complexity index is 1020. The molecule has 1 amide bonds. The molecule has 0 aliphatic heterocycles. The zero-order chi connectivity index (χ0) is 21.7. The maximum absolute atomic E-state index is 13.9. The van der Waals surface area contributed by atoms with Crippen molar-refractivity contribution in [1.29, 1.82) is 0 Å². The summed E-state index contributed by atoms with van der Waals surface area (Å²) in [6.07, 6.45) is 0. The zero-order valence-corrected chi connectivity index (χ0v) is 17.8. The van der Waals surface area contributed by atoms with Crippen LogP contribution in [0.1, 0.15) is 29.9 Å². The average Bonchev–Trinajstić information content (AvgIpc) is 2.70. The van der Waals surface area contributed by atoms with E-state index in [2.05, 4.69) is 39.3 Å². The first-order valence-electron chi connectivity index (χ1n) is 9.64. The van der Waals surface area contributed by atoms with E-state index >= 15 is 0 Å². The second-order valence-corrected chi connectivity index (χ2v) is 7.02. The zero-order valence-electron chi connectivity index (χ0n) is 17.0. The van der Waals surface area contributed by atoms with Crippen molar-refractivity contribution in [2.24, 2.45) is 0 Å². The maximum Gasteiger partial charge on any atom is 0.260 e. The number of halogens is 2. The fourth-order valence-electron chi connectivity index (χ4n) is 2.99. The van der Waals surface area contributed by atoms with Gasteiger partial charge in [-0.1, -0.05) is 17.7 Å². The summed E-state index contributed by atoms with van der Waals surface area (Å²) in [7, 11) is 0. The highest BCUT2D eigenvalue weighted by molar-refractivity contribution is 6.34. The van der Waals surface area contributed by atoms with Crippen LogP contribution >= 0.6 is 11.6 Å². The molecule has 6 nitrogen and oxygen atoms in total. The number of nitrogens with one attached hydrogen (secondary N) is 2. The number of aryl methyl sites for hydroxylation is 1. The first-order chi connectivity index (χ1) is 14.4. The van der Waals surface area contributed by atoms with Gasteiger partial charge in [0.2, 0.25) is 5.95 Å². The lowest BCUT2D eigenvalue weighted by atomic mass is 10.2. The second kappa shape index (κ2) is 9.54. The minimum Gasteiger partial charge on any atom is -0.357 e. The molecule has 0 radical (unpaired) electrons. The van der Waals surface area contributed by atoms with E-state index in [1.54, 1.807) is 24.3 Å². The van der Waals surface area contributed by atoms with Gasteiger partial charge in [0.1, 0.15) is 11.6 Å². The molecule has 0 fully saturated rings. The van der Waals surface area contributed by atoms with Crippen molar-refractivity contribution in [1.82, 2.24) is 9.97 Å². The second-order valence-electron chi connectivity index (χ2n) is 6.62. The van der Waals surface area contributed by atoms with E-state index in [0.29, 0.717) is 11.6 Å². The van der Waals surface area contributed by atoms with Crippen molar-refractivity contribution in [3.05, 3.63) is 70.6 Å². The van der Waals surface area contributed by atoms with Crippen molar-refractivity contribution < 1.29 is 9.18 Å². The molecular weight excluding hydrogens is 405 g/mol. The van der Waals surface area contributed by atoms with Gasteiger partial charge in [-0.15, -0.1) is 0 Å². The van der Waals surface area contributed by atoms with E-state index < -0.39 is 11.7 Å². The van der Waals surface area contributed by atoms with Gasteiger partial charge in [-0.2, -0.15) is 4.98 Å². The fourth-order valence-corrected chi connectivity index (χ4v) is 3.24. The Morgan fingerprint density at radius 1 is 1.07 bits per heavy atom. The number of benzene rings is 2. The Balaban J connectivity index is 1.73. The Morgan fingerprint density at radius 2 is 1.73 bits per heavy atom. The molecule has 0 aliphatic rings. The third-order valence-corrected chi connectivity index (χ3v) is 4.83. The van der Waals surface area contributed by atoms with Gasteiger partial charge in [0.05, 0.1) is 10.6 Å². The smallest absolute Gasteiger partial charge is 0.260 e. The molecule has 0 unspecified atom stereocenters. The molecule has 3 aromatic rings. The molecule has 156 valence electrons. The number of carbonyl (C=O) groups is 1. The predicted molar refractivity (Wildman–Crippen MR) is 119 cm³/mol. The van der Waals surface area contributed by atoms with Crippen LogP contribution in [0.4, 0.5) is 27.5 Å². The van der Waals surface area contributed by atoms with Gasteiger partial charge in [0.25, 0.3) is 5.91 Å². The molecular formula is C22H23ClFN5O. The molecule has 8 heteroatoms. The van der Waals surface area contributed by atoms with Crippen LogP contribution in [0, 0.1) is 12.7 Å². The lowest BCUT2D eigenvalue weighted by Gasteiger charge is -2.20. The molecule has 0 saturated carbocycles. The number of amides is 1. The number of hydrogen-bond donors (Lipinski definition) is 2. The summed E-state index contributed by atoms with van der Waals surface area (Å²) in [4.78, 5) is 23.5. The predicted octanol–water partition coefficient (Wildman–Crippen LogP) is 5.42. The molecule has 1 heterocycles. The highest BCUT2D eigenvalue weighted by Crippen LogP contribution is 2.23. The number of aromatic nitrogens is 2. The van der Waals surface area contributed by atoms with Gasteiger partial charge in [-0.05, 0) is 57.2 Å². The summed E-state index contributed by atoms with van der Waals surface area (Å²) >= 11 is 5.95. The fraction of sp³-hybridized carbons (Fsp3) is 0.227. The molecule has 0 spiro atoms. The standard InChI is InChI=1S/C22H23ClFN5O/c1-4-29(5-2)19-13-14(3)25-22(28-19)27-16-11-9-15(10-12-16)26-21(30)20-17(23)7-6-8-18(20)24/h6-13H,4-5H2,1-3H3,(H,26,30)(H,25,27,28). The highest BCUT2D eigenvalue weighted by atomic mass is 35.5. The number of carbonyl (C=O) groups excluding carboxylic acids is 1. The van der Waals surface area contributed by atoms with Crippen LogP contribution in [0.15, 0.2) is 48.5 Å². The minimum atomic E-state index is -0.668. The van der Waals surface area contributed by atoms with E-state index in [4.69, 9.17) is 11.6 Å². The average molecular weight is 428 g/mol. The largest absolute Gasteiger partial charge is 0.357 e. The van der Waals surface area contributed by atoms with E-state index in [1.807, 2.05) is 13.0 Å². The lowest BCUT2D eigenvalue weighted by molar-refractivity contribution is 0.102. The molecule has 3 rings (SSSR count). The van der Waals surface area contributed by atoms with Crippen LogP contribution in [-0.4, -0.2) is 29.0 Å². The van der Waals surface area contributed by atoms with E-state index in [9.17, 15) is 9.18 Å². The quantitative estimate of drug-likeness (QED) is 0.526. The van der Waals surface area contributed by atoms with Gasteiger partial charge in [0, 0.05) is 36.2 Å². The topological polar surface area (TPSA) is 70.2 Å². The Hall–Kier alpha value is -3.19. The molecule has 1 aromatic heterocycles. The van der Waals surface area contributed by atoms with Crippen molar-refractivity contribution in [3.63, 3.8) is 0 Å². The number of nitrogens with zero attached hydrogens (tertiary/aromatic N) is 3. The number of hydrogen-bond acceptors (Lipinski definition) is 5. The van der Waals surface area contributed by atoms with Gasteiger partial charge in [0.15, 0.2) is 0 Å². The summed E-state index contributed by atoms with van der Waals surface area (Å²) in [6, 6.07) is 13.0. The Kier molecular flexibility index (Phi) is 6.84. The van der Waals surface area contributed by atoms with Crippen molar-refractivity contribution in [2.75, 3.05) is 28.6 Å². The molecule has 0 aliphatic carbocycles. The van der Waals surface area contributed by atoms with Gasteiger partial charge < -0.3 is 15.5 Å². The molecule has 0 saturated heterocycles. The van der Waals surface area contributed by atoms with Gasteiger partial charge in [-0.3, -0.25) is 4.79 Å². The first kappa shape index (κ1) is 21.5. The van der Waals surface area contributed by atoms with Crippen molar-refractivity contribution >= 4 is 40.6 Å². The van der Waals surface area contributed by atoms with E-state index in [1.165, 1.54) is 18.2 Å². The Labute approximate surface area is 180 Å². The summed E-state index contributed by atoms with van der Waals surface area (Å²) in [5.74, 6) is 0.0797. The number of rotatable bonds is 7. The van der Waals surface area contributed by atoms with E-state index in [-0.39, 0.29) is 10.6 Å². The molecule has 2 aromatic carbocycles. The van der Waals surface area contributed by atoms with Crippen LogP contribution in [0.3, 0.4) is 0 Å². The number of anilines is 4. The monoisotopic (exact) mass is 427 g/mol.